The van der Waals surface area contributed by atoms with Gasteiger partial charge < -0.3 is 5.11 Å². The third-order valence-corrected chi connectivity index (χ3v) is 4.80. The van der Waals surface area contributed by atoms with Crippen LogP contribution in [0.15, 0.2) is 60.7 Å². The van der Waals surface area contributed by atoms with Crippen LogP contribution in [-0.2, 0) is 12.8 Å². The van der Waals surface area contributed by atoms with Crippen LogP contribution in [0.4, 0.5) is 0 Å². The third kappa shape index (κ3) is 3.34. The molecule has 1 aromatic heterocycles. The van der Waals surface area contributed by atoms with Gasteiger partial charge in [0.15, 0.2) is 0 Å². The van der Waals surface area contributed by atoms with Crippen LogP contribution < -0.4 is 0 Å². The Bertz CT molecular complexity index is 913. The zero-order valence-electron chi connectivity index (χ0n) is 14.2. The second-order valence-electron chi connectivity index (χ2n) is 6.50. The number of phenolic OH excluding ortho intramolecular Hbond substituents is 1. The summed E-state index contributed by atoms with van der Waals surface area (Å²) in [6.07, 6.45) is 8.67. The summed E-state index contributed by atoms with van der Waals surface area (Å²) in [6.45, 7) is 0. The topological polar surface area (TPSA) is 33.1 Å². The number of hydrogen-bond donors (Lipinski definition) is 1. The van der Waals surface area contributed by atoms with Crippen LogP contribution in [-0.4, -0.2) is 10.1 Å². The first-order valence-corrected chi connectivity index (χ1v) is 8.85. The SMILES string of the molecule is Oc1ccccc1C=Cc1nc(-c2ccccc2)cc2c1CCCC2. The molecule has 1 heterocycles. The maximum Gasteiger partial charge on any atom is 0.122 e. The highest BCUT2D eigenvalue weighted by atomic mass is 16.3. The van der Waals surface area contributed by atoms with Gasteiger partial charge >= 0.3 is 0 Å². The van der Waals surface area contributed by atoms with Crippen LogP contribution in [0.1, 0.15) is 35.2 Å². The molecule has 4 rings (SSSR count). The molecule has 1 aliphatic carbocycles. The van der Waals surface area contributed by atoms with E-state index in [1.54, 1.807) is 6.07 Å². The van der Waals surface area contributed by atoms with Gasteiger partial charge in [0, 0.05) is 11.1 Å². The molecule has 0 saturated carbocycles. The average molecular weight is 327 g/mol. The first-order valence-electron chi connectivity index (χ1n) is 8.85. The summed E-state index contributed by atoms with van der Waals surface area (Å²) < 4.78 is 0. The predicted octanol–water partition coefficient (Wildman–Crippen LogP) is 5.50. The normalized spacial score (nSPS) is 13.8. The Morgan fingerprint density at radius 3 is 2.44 bits per heavy atom. The largest absolute Gasteiger partial charge is 0.507 e. The van der Waals surface area contributed by atoms with E-state index in [0.717, 1.165) is 35.4 Å². The molecule has 0 fully saturated rings. The van der Waals surface area contributed by atoms with Crippen molar-refractivity contribution in [1.82, 2.24) is 4.98 Å². The van der Waals surface area contributed by atoms with Crippen LogP contribution in [0.2, 0.25) is 0 Å². The van der Waals surface area contributed by atoms with Crippen LogP contribution >= 0.6 is 0 Å². The highest BCUT2D eigenvalue weighted by Gasteiger charge is 2.15. The van der Waals surface area contributed by atoms with Gasteiger partial charge in [0.1, 0.15) is 5.75 Å². The van der Waals surface area contributed by atoms with E-state index in [0.29, 0.717) is 5.75 Å². The van der Waals surface area contributed by atoms with Crippen LogP contribution in [0, 0.1) is 0 Å². The van der Waals surface area contributed by atoms with Crippen molar-refractivity contribution in [3.05, 3.63) is 83.0 Å². The Balaban J connectivity index is 1.79. The van der Waals surface area contributed by atoms with Gasteiger partial charge in [-0.1, -0.05) is 48.5 Å². The Morgan fingerprint density at radius 1 is 0.840 bits per heavy atom. The summed E-state index contributed by atoms with van der Waals surface area (Å²) in [4.78, 5) is 4.93. The van der Waals surface area contributed by atoms with Crippen molar-refractivity contribution in [2.24, 2.45) is 0 Å². The number of rotatable bonds is 3. The molecule has 2 nitrogen and oxygen atoms in total. The number of phenols is 1. The molecule has 2 aromatic carbocycles. The van der Waals surface area contributed by atoms with E-state index in [-0.39, 0.29) is 0 Å². The molecule has 0 amide bonds. The van der Waals surface area contributed by atoms with Crippen LogP contribution in [0.25, 0.3) is 23.4 Å². The number of aryl methyl sites for hydroxylation is 1. The fourth-order valence-electron chi connectivity index (χ4n) is 3.47. The zero-order chi connectivity index (χ0) is 17.1. The standard InChI is InChI=1S/C23H21NO/c25-23-13-7-5-10-18(23)14-15-21-20-12-6-4-11-19(20)16-22(24-21)17-8-2-1-3-9-17/h1-3,5,7-10,13-16,25H,4,6,11-12H2. The minimum atomic E-state index is 0.298. The number of aromatic hydroxyl groups is 1. The Hall–Kier alpha value is -2.87. The lowest BCUT2D eigenvalue weighted by Crippen LogP contribution is -2.07. The third-order valence-electron chi connectivity index (χ3n) is 4.80. The maximum atomic E-state index is 9.99. The molecule has 1 aliphatic rings. The van der Waals surface area contributed by atoms with E-state index in [9.17, 15) is 5.11 Å². The first kappa shape index (κ1) is 15.6. The number of benzene rings is 2. The Kier molecular flexibility index (Phi) is 4.34. The lowest BCUT2D eigenvalue weighted by Gasteiger charge is -2.19. The first-order chi connectivity index (χ1) is 12.3. The van der Waals surface area contributed by atoms with Gasteiger partial charge in [-0.15, -0.1) is 0 Å². The average Bonchev–Trinajstić information content (AvgIpc) is 2.67. The maximum absolute atomic E-state index is 9.99. The fraction of sp³-hybridized carbons (Fsp3) is 0.174. The number of pyridine rings is 1. The number of hydrogen-bond acceptors (Lipinski definition) is 2. The minimum absolute atomic E-state index is 0.298. The lowest BCUT2D eigenvalue weighted by molar-refractivity contribution is 0.474. The van der Waals surface area contributed by atoms with Crippen molar-refractivity contribution >= 4 is 12.2 Å². The molecule has 3 aromatic rings. The summed E-state index contributed by atoms with van der Waals surface area (Å²) in [5.74, 6) is 0.298. The summed E-state index contributed by atoms with van der Waals surface area (Å²) >= 11 is 0. The van der Waals surface area contributed by atoms with Gasteiger partial charge in [-0.05, 0) is 61.1 Å². The molecular weight excluding hydrogens is 306 g/mol. The molecule has 2 heteroatoms. The monoisotopic (exact) mass is 327 g/mol. The summed E-state index contributed by atoms with van der Waals surface area (Å²) in [6, 6.07) is 20.0. The van der Waals surface area contributed by atoms with Crippen molar-refractivity contribution < 1.29 is 5.11 Å². The second-order valence-corrected chi connectivity index (χ2v) is 6.50. The molecule has 0 radical (unpaired) electrons. The van der Waals surface area contributed by atoms with Gasteiger partial charge in [0.05, 0.1) is 11.4 Å². The summed E-state index contributed by atoms with van der Waals surface area (Å²) in [5, 5.41) is 9.99. The second kappa shape index (κ2) is 6.94. The van der Waals surface area contributed by atoms with Crippen molar-refractivity contribution in [1.29, 1.82) is 0 Å². The zero-order valence-corrected chi connectivity index (χ0v) is 14.2. The Labute approximate surface area is 148 Å². The van der Waals surface area contributed by atoms with Gasteiger partial charge in [-0.25, -0.2) is 4.98 Å². The number of aromatic nitrogens is 1. The number of fused-ring (bicyclic) bond motifs is 1. The predicted molar refractivity (Wildman–Crippen MR) is 103 cm³/mol. The van der Waals surface area contributed by atoms with E-state index >= 15 is 0 Å². The highest BCUT2D eigenvalue weighted by molar-refractivity contribution is 5.74. The molecule has 0 saturated heterocycles. The van der Waals surface area contributed by atoms with Gasteiger partial charge in [0.25, 0.3) is 0 Å². The van der Waals surface area contributed by atoms with Crippen molar-refractivity contribution in [3.8, 4) is 17.0 Å². The molecule has 124 valence electrons. The van der Waals surface area contributed by atoms with Crippen LogP contribution in [0.3, 0.4) is 0 Å². The van der Waals surface area contributed by atoms with E-state index in [4.69, 9.17) is 4.98 Å². The molecule has 0 bridgehead atoms. The van der Waals surface area contributed by atoms with E-state index in [2.05, 4.69) is 18.2 Å². The molecule has 0 spiro atoms. The van der Waals surface area contributed by atoms with Gasteiger partial charge in [-0.3, -0.25) is 0 Å². The van der Waals surface area contributed by atoms with Crippen LogP contribution in [0.5, 0.6) is 5.75 Å². The quantitative estimate of drug-likeness (QED) is 0.688. The number of nitrogens with zero attached hydrogens (tertiary/aromatic N) is 1. The van der Waals surface area contributed by atoms with E-state index < -0.39 is 0 Å². The minimum Gasteiger partial charge on any atom is -0.507 e. The smallest absolute Gasteiger partial charge is 0.122 e. The summed E-state index contributed by atoms with van der Waals surface area (Å²) in [7, 11) is 0. The van der Waals surface area contributed by atoms with Crippen molar-refractivity contribution in [2.75, 3.05) is 0 Å². The molecule has 0 unspecified atom stereocenters. The van der Waals surface area contributed by atoms with Gasteiger partial charge in [-0.2, -0.15) is 0 Å². The number of para-hydroxylation sites is 1. The summed E-state index contributed by atoms with van der Waals surface area (Å²) in [5.41, 5.74) is 6.79. The molecule has 0 aliphatic heterocycles. The van der Waals surface area contributed by atoms with E-state index in [1.807, 2.05) is 48.6 Å². The van der Waals surface area contributed by atoms with Gasteiger partial charge in [0.2, 0.25) is 0 Å². The van der Waals surface area contributed by atoms with Crippen molar-refractivity contribution in [2.45, 2.75) is 25.7 Å². The van der Waals surface area contributed by atoms with Crippen molar-refractivity contribution in [3.63, 3.8) is 0 Å². The molecular formula is C23H21NO. The fourth-order valence-corrected chi connectivity index (χ4v) is 3.47. The lowest BCUT2D eigenvalue weighted by atomic mass is 9.89. The molecule has 0 atom stereocenters. The van der Waals surface area contributed by atoms with E-state index in [1.165, 1.54) is 24.0 Å². The highest BCUT2D eigenvalue weighted by Crippen LogP contribution is 2.29. The molecule has 1 N–H and O–H groups in total. The Morgan fingerprint density at radius 2 is 1.60 bits per heavy atom. The molecule has 25 heavy (non-hydrogen) atoms.